The van der Waals surface area contributed by atoms with Crippen LogP contribution in [0.25, 0.3) is 0 Å². The molecule has 2 N–H and O–H groups in total. The van der Waals surface area contributed by atoms with Crippen LogP contribution in [0.5, 0.6) is 0 Å². The first kappa shape index (κ1) is 35.9. The van der Waals surface area contributed by atoms with Gasteiger partial charge in [-0.3, -0.25) is 0 Å². The first-order valence-corrected chi connectivity index (χ1v) is 16.8. The largest absolute Gasteiger partial charge is 0.390 e. The van der Waals surface area contributed by atoms with E-state index in [0.29, 0.717) is 0 Å². The molecule has 3 unspecified atom stereocenters. The van der Waals surface area contributed by atoms with E-state index in [-0.39, 0.29) is 5.92 Å². The van der Waals surface area contributed by atoms with Gasteiger partial charge in [0.1, 0.15) is 0 Å². The van der Waals surface area contributed by atoms with Gasteiger partial charge in [-0.15, -0.1) is 0 Å². The standard InChI is InChI=1S/C34H69O2/c1-4-6-8-10-12-14-16-18-19-21-23-25-27-29-31-33(34(36)32(3)35)30-28-26-24-22-20-17-15-13-11-9-7-5-2/h32-36H,3-31H2,1-2H3. The van der Waals surface area contributed by atoms with Gasteiger partial charge in [-0.25, -0.2) is 0 Å². The maximum absolute atomic E-state index is 10.5. The zero-order valence-corrected chi connectivity index (χ0v) is 25.1. The minimum atomic E-state index is -0.848. The minimum absolute atomic E-state index is 0.220. The lowest BCUT2D eigenvalue weighted by Gasteiger charge is -2.25. The van der Waals surface area contributed by atoms with Crippen LogP contribution in [0.3, 0.4) is 0 Å². The van der Waals surface area contributed by atoms with Crippen LogP contribution in [-0.4, -0.2) is 22.4 Å². The van der Waals surface area contributed by atoms with Crippen LogP contribution in [0, 0.1) is 12.8 Å². The molecule has 1 radical (unpaired) electrons. The van der Waals surface area contributed by atoms with Crippen LogP contribution in [0.1, 0.15) is 194 Å². The van der Waals surface area contributed by atoms with Crippen molar-refractivity contribution < 1.29 is 10.2 Å². The Bertz CT molecular complexity index is 395. The van der Waals surface area contributed by atoms with E-state index in [1.165, 1.54) is 167 Å². The maximum Gasteiger partial charge on any atom is 0.0827 e. The molecule has 0 amide bonds. The predicted molar refractivity (Wildman–Crippen MR) is 161 cm³/mol. The SMILES string of the molecule is [CH2]C(O)C(O)C(CCCCCCCCCCCCCC)CCCCCCCCCCCCCCCC. The van der Waals surface area contributed by atoms with E-state index in [1.54, 1.807) is 0 Å². The lowest BCUT2D eigenvalue weighted by molar-refractivity contribution is -0.000645. The number of aliphatic hydroxyl groups is 2. The van der Waals surface area contributed by atoms with E-state index in [9.17, 15) is 10.2 Å². The number of hydrogen-bond acceptors (Lipinski definition) is 2. The zero-order valence-electron chi connectivity index (χ0n) is 25.1. The van der Waals surface area contributed by atoms with Crippen molar-refractivity contribution in [3.05, 3.63) is 6.92 Å². The smallest absolute Gasteiger partial charge is 0.0827 e. The Morgan fingerprint density at radius 3 is 0.833 bits per heavy atom. The lowest BCUT2D eigenvalue weighted by atomic mass is 9.87. The summed E-state index contributed by atoms with van der Waals surface area (Å²) in [7, 11) is 0. The summed E-state index contributed by atoms with van der Waals surface area (Å²) in [5.74, 6) is 0.220. The van der Waals surface area contributed by atoms with Crippen LogP contribution in [0.2, 0.25) is 0 Å². The molecular formula is C34H69O2. The van der Waals surface area contributed by atoms with Crippen molar-refractivity contribution in [3.8, 4) is 0 Å². The van der Waals surface area contributed by atoms with Crippen LogP contribution < -0.4 is 0 Å². The van der Waals surface area contributed by atoms with Gasteiger partial charge in [0.2, 0.25) is 0 Å². The molecule has 0 rings (SSSR count). The van der Waals surface area contributed by atoms with Crippen LogP contribution in [0.15, 0.2) is 0 Å². The Morgan fingerprint density at radius 2 is 0.611 bits per heavy atom. The summed E-state index contributed by atoms with van der Waals surface area (Å²) in [5, 5.41) is 20.3. The second-order valence-electron chi connectivity index (χ2n) is 11.9. The second kappa shape index (κ2) is 29.5. The molecule has 0 aliphatic rings. The minimum Gasteiger partial charge on any atom is -0.390 e. The fourth-order valence-corrected chi connectivity index (χ4v) is 5.65. The van der Waals surface area contributed by atoms with Gasteiger partial charge in [0.05, 0.1) is 12.2 Å². The van der Waals surface area contributed by atoms with E-state index in [1.807, 2.05) is 0 Å². The summed E-state index contributed by atoms with van der Waals surface area (Å²) in [5.41, 5.74) is 0. The second-order valence-corrected chi connectivity index (χ2v) is 11.9. The molecule has 0 heterocycles. The topological polar surface area (TPSA) is 40.5 Å². The molecule has 0 aliphatic carbocycles. The third-order valence-corrected chi connectivity index (χ3v) is 8.23. The van der Waals surface area contributed by atoms with Gasteiger partial charge in [-0.1, -0.05) is 181 Å². The number of hydrogen-bond donors (Lipinski definition) is 2. The highest BCUT2D eigenvalue weighted by atomic mass is 16.3. The molecule has 2 heteroatoms. The average molecular weight is 510 g/mol. The molecule has 0 aromatic carbocycles. The summed E-state index contributed by atoms with van der Waals surface area (Å²) in [6, 6.07) is 0. The highest BCUT2D eigenvalue weighted by Gasteiger charge is 2.22. The van der Waals surface area contributed by atoms with Gasteiger partial charge in [0.25, 0.3) is 0 Å². The summed E-state index contributed by atoms with van der Waals surface area (Å²) in [6.45, 7) is 8.26. The average Bonchev–Trinajstić information content (AvgIpc) is 2.87. The van der Waals surface area contributed by atoms with E-state index in [0.717, 1.165) is 12.8 Å². The lowest BCUT2D eigenvalue weighted by Crippen LogP contribution is -2.31. The van der Waals surface area contributed by atoms with E-state index >= 15 is 0 Å². The molecule has 217 valence electrons. The van der Waals surface area contributed by atoms with Crippen molar-refractivity contribution in [1.29, 1.82) is 0 Å². The fourth-order valence-electron chi connectivity index (χ4n) is 5.65. The molecule has 0 aliphatic heterocycles. The van der Waals surface area contributed by atoms with Gasteiger partial charge in [0, 0.05) is 0 Å². The first-order valence-electron chi connectivity index (χ1n) is 16.8. The van der Waals surface area contributed by atoms with Gasteiger partial charge < -0.3 is 10.2 Å². The van der Waals surface area contributed by atoms with Crippen molar-refractivity contribution in [2.75, 3.05) is 0 Å². The van der Waals surface area contributed by atoms with E-state index in [2.05, 4.69) is 20.8 Å². The third kappa shape index (κ3) is 25.6. The van der Waals surface area contributed by atoms with Gasteiger partial charge >= 0.3 is 0 Å². The Kier molecular flexibility index (Phi) is 29.4. The number of unbranched alkanes of at least 4 members (excludes halogenated alkanes) is 24. The molecule has 0 bridgehead atoms. The molecule has 36 heavy (non-hydrogen) atoms. The number of aliphatic hydroxyl groups excluding tert-OH is 2. The van der Waals surface area contributed by atoms with Crippen molar-refractivity contribution in [3.63, 3.8) is 0 Å². The quantitative estimate of drug-likeness (QED) is 0.0945. The molecule has 0 saturated carbocycles. The van der Waals surface area contributed by atoms with Gasteiger partial charge in [-0.2, -0.15) is 0 Å². The van der Waals surface area contributed by atoms with Crippen molar-refractivity contribution >= 4 is 0 Å². The van der Waals surface area contributed by atoms with Gasteiger partial charge in [0.15, 0.2) is 0 Å². The molecule has 0 aromatic rings. The summed E-state index contributed by atoms with van der Waals surface area (Å²) >= 11 is 0. The molecular weight excluding hydrogens is 440 g/mol. The number of rotatable bonds is 30. The first-order chi connectivity index (χ1) is 17.6. The summed E-state index contributed by atoms with van der Waals surface area (Å²) < 4.78 is 0. The molecule has 3 atom stereocenters. The fraction of sp³-hybridized carbons (Fsp3) is 0.971. The van der Waals surface area contributed by atoms with Crippen LogP contribution in [-0.2, 0) is 0 Å². The molecule has 0 aromatic heterocycles. The predicted octanol–water partition coefficient (Wildman–Crippen LogP) is 11.1. The molecule has 0 fully saturated rings. The van der Waals surface area contributed by atoms with Crippen molar-refractivity contribution in [2.45, 2.75) is 206 Å². The molecule has 0 saturated heterocycles. The Labute approximate surface area is 228 Å². The Morgan fingerprint density at radius 1 is 0.389 bits per heavy atom. The normalized spacial score (nSPS) is 14.2. The van der Waals surface area contributed by atoms with Crippen LogP contribution in [0.4, 0.5) is 0 Å². The monoisotopic (exact) mass is 510 g/mol. The van der Waals surface area contributed by atoms with Crippen molar-refractivity contribution in [1.82, 2.24) is 0 Å². The Hall–Kier alpha value is -0.0800. The highest BCUT2D eigenvalue weighted by molar-refractivity contribution is 4.77. The Balaban J connectivity index is 3.64. The van der Waals surface area contributed by atoms with Crippen LogP contribution >= 0.6 is 0 Å². The maximum atomic E-state index is 10.5. The summed E-state index contributed by atoms with van der Waals surface area (Å²) in [6.07, 6.45) is 36.2. The molecule has 2 nitrogen and oxygen atoms in total. The van der Waals surface area contributed by atoms with E-state index in [4.69, 9.17) is 0 Å². The highest BCUT2D eigenvalue weighted by Crippen LogP contribution is 2.24. The zero-order chi connectivity index (χ0) is 26.5. The summed E-state index contributed by atoms with van der Waals surface area (Å²) in [4.78, 5) is 0. The van der Waals surface area contributed by atoms with Crippen molar-refractivity contribution in [2.24, 2.45) is 5.92 Å². The van der Waals surface area contributed by atoms with E-state index < -0.39 is 12.2 Å². The third-order valence-electron chi connectivity index (χ3n) is 8.23. The molecule has 0 spiro atoms. The van der Waals surface area contributed by atoms with Gasteiger partial charge in [-0.05, 0) is 25.7 Å².